The lowest BCUT2D eigenvalue weighted by Crippen LogP contribution is -2.48. The van der Waals surface area contributed by atoms with E-state index < -0.39 is 0 Å². The van der Waals surface area contributed by atoms with Crippen molar-refractivity contribution < 1.29 is 18.7 Å². The number of aryl methyl sites for hydroxylation is 1. The van der Waals surface area contributed by atoms with Crippen molar-refractivity contribution >= 4 is 29.0 Å². The van der Waals surface area contributed by atoms with E-state index in [0.29, 0.717) is 40.5 Å². The Morgan fingerprint density at radius 3 is 2.49 bits per heavy atom. The number of carbonyl (C=O) groups excluding carboxylic acids is 2. The maximum Gasteiger partial charge on any atom is 0.257 e. The van der Waals surface area contributed by atoms with Crippen LogP contribution in [-0.2, 0) is 6.54 Å². The second kappa shape index (κ2) is 13.4. The summed E-state index contributed by atoms with van der Waals surface area (Å²) in [7, 11) is 0. The van der Waals surface area contributed by atoms with Gasteiger partial charge in [0.15, 0.2) is 12.0 Å². The number of aromatic nitrogens is 1. The number of Topliss-reactive ketones (excluding diaryl/α,β-unsaturated/α-hetero) is 1. The summed E-state index contributed by atoms with van der Waals surface area (Å²) in [5.41, 5.74) is 3.73. The highest BCUT2D eigenvalue weighted by Gasteiger charge is 2.28. The third-order valence-corrected chi connectivity index (χ3v) is 8.37. The van der Waals surface area contributed by atoms with Crippen molar-refractivity contribution in [3.63, 3.8) is 0 Å². The van der Waals surface area contributed by atoms with Gasteiger partial charge in [0, 0.05) is 73.1 Å². The minimum Gasteiger partial charge on any atom is -0.618 e. The van der Waals surface area contributed by atoms with Crippen LogP contribution in [0.4, 0.5) is 10.1 Å². The second-order valence-corrected chi connectivity index (χ2v) is 11.3. The molecule has 218 valence electrons. The van der Waals surface area contributed by atoms with Crippen LogP contribution in [0.5, 0.6) is 0 Å². The molecule has 1 saturated heterocycles. The molecule has 1 amide bonds. The molecule has 4 rings (SSSR count). The fourth-order valence-electron chi connectivity index (χ4n) is 5.58. The maximum absolute atomic E-state index is 14.7. The fourth-order valence-corrected chi connectivity index (χ4v) is 5.78. The average molecular weight is 581 g/mol. The number of pyridine rings is 1. The van der Waals surface area contributed by atoms with E-state index >= 15 is 0 Å². The molecule has 0 bridgehead atoms. The number of piperidine rings is 1. The highest BCUT2D eigenvalue weighted by Crippen LogP contribution is 2.29. The molecule has 1 unspecified atom stereocenters. The first-order valence-corrected chi connectivity index (χ1v) is 14.5. The molecule has 41 heavy (non-hydrogen) atoms. The molecule has 9 heteroatoms. The molecule has 0 saturated carbocycles. The fraction of sp³-hybridized carbons (Fsp3) is 0.406. The number of hydrogen-bond acceptors (Lipinski definition) is 5. The third kappa shape index (κ3) is 7.43. The van der Waals surface area contributed by atoms with E-state index in [4.69, 9.17) is 11.6 Å². The van der Waals surface area contributed by atoms with Gasteiger partial charge in [-0.05, 0) is 88.1 Å². The van der Waals surface area contributed by atoms with E-state index in [-0.39, 0.29) is 29.6 Å². The Morgan fingerprint density at radius 2 is 1.83 bits per heavy atom. The molecule has 2 aromatic carbocycles. The molecule has 1 aromatic heterocycles. The van der Waals surface area contributed by atoms with E-state index in [1.54, 1.807) is 32.0 Å². The van der Waals surface area contributed by atoms with Crippen LogP contribution in [0.3, 0.4) is 0 Å². The number of nitrogens with zero attached hydrogens (tertiary/aromatic N) is 3. The van der Waals surface area contributed by atoms with Crippen molar-refractivity contribution in [2.24, 2.45) is 0 Å². The Kier molecular flexibility index (Phi) is 9.99. The van der Waals surface area contributed by atoms with E-state index in [1.807, 2.05) is 31.2 Å². The van der Waals surface area contributed by atoms with Gasteiger partial charge >= 0.3 is 0 Å². The normalized spacial score (nSPS) is 15.0. The lowest BCUT2D eigenvalue weighted by Gasteiger charge is -2.42. The highest BCUT2D eigenvalue weighted by atomic mass is 35.5. The van der Waals surface area contributed by atoms with Crippen LogP contribution in [-0.4, -0.2) is 48.3 Å². The predicted octanol–water partition coefficient (Wildman–Crippen LogP) is 5.61. The largest absolute Gasteiger partial charge is 0.618 e. The standard InChI is InChI=1S/C32H38ClFN4O3/c1-21-12-18-38(41)23(3)31(21)32(40)35-15-11-22(2)36-16-13-29(14-17-36)37(20-26-19-27(33)7-10-30(26)34)28-8-5-25(6-9-28)24(4)39/h5-10,12,18-19,22,29H,11,13-17,20H2,1-4H3,(H,35,40). The Morgan fingerprint density at radius 1 is 1.15 bits per heavy atom. The molecule has 1 fully saturated rings. The Labute approximate surface area is 246 Å². The SMILES string of the molecule is CC(=O)c1ccc(N(Cc2cc(Cl)ccc2F)C2CCN(C(C)CCNC(=O)c3c(C)cc[n+]([O-])c3C)CC2)cc1. The summed E-state index contributed by atoms with van der Waals surface area (Å²) in [6.07, 6.45) is 3.97. The van der Waals surface area contributed by atoms with Crippen LogP contribution in [0.25, 0.3) is 0 Å². The van der Waals surface area contributed by atoms with E-state index in [9.17, 15) is 19.2 Å². The lowest BCUT2D eigenvalue weighted by atomic mass is 9.98. The Bertz CT molecular complexity index is 1390. The summed E-state index contributed by atoms with van der Waals surface area (Å²) in [6.45, 7) is 9.81. The van der Waals surface area contributed by atoms with Gasteiger partial charge in [-0.1, -0.05) is 11.6 Å². The number of anilines is 1. The number of amides is 1. The van der Waals surface area contributed by atoms with Gasteiger partial charge in [-0.15, -0.1) is 0 Å². The molecular weight excluding hydrogens is 543 g/mol. The molecule has 1 atom stereocenters. The van der Waals surface area contributed by atoms with Crippen LogP contribution in [0, 0.1) is 24.9 Å². The molecule has 1 aliphatic heterocycles. The van der Waals surface area contributed by atoms with E-state index in [0.717, 1.165) is 48.3 Å². The summed E-state index contributed by atoms with van der Waals surface area (Å²) in [5, 5.41) is 15.4. The zero-order chi connectivity index (χ0) is 29.7. The molecule has 3 aromatic rings. The van der Waals surface area contributed by atoms with Crippen molar-refractivity contribution in [1.29, 1.82) is 0 Å². The number of rotatable bonds is 10. The van der Waals surface area contributed by atoms with Crippen LogP contribution < -0.4 is 14.9 Å². The molecule has 0 aliphatic carbocycles. The number of likely N-dealkylation sites (tertiary alicyclic amines) is 1. The van der Waals surface area contributed by atoms with Gasteiger partial charge in [0.25, 0.3) is 5.91 Å². The molecular formula is C32H38ClFN4O3. The quantitative estimate of drug-likeness (QED) is 0.191. The number of benzene rings is 2. The van der Waals surface area contributed by atoms with Crippen molar-refractivity contribution in [3.05, 3.63) is 98.7 Å². The predicted molar refractivity (Wildman–Crippen MR) is 160 cm³/mol. The van der Waals surface area contributed by atoms with Crippen LogP contribution in [0.2, 0.25) is 5.02 Å². The summed E-state index contributed by atoms with van der Waals surface area (Å²) in [5.74, 6) is -0.514. The monoisotopic (exact) mass is 580 g/mol. The smallest absolute Gasteiger partial charge is 0.257 e. The van der Waals surface area contributed by atoms with Crippen molar-refractivity contribution in [2.45, 2.75) is 65.6 Å². The van der Waals surface area contributed by atoms with Gasteiger partial charge in [-0.2, -0.15) is 4.73 Å². The maximum atomic E-state index is 14.7. The Balaban J connectivity index is 1.38. The van der Waals surface area contributed by atoms with Crippen molar-refractivity contribution in [2.75, 3.05) is 24.5 Å². The number of ketones is 1. The number of hydrogen-bond donors (Lipinski definition) is 1. The number of carbonyl (C=O) groups is 2. The average Bonchev–Trinajstić information content (AvgIpc) is 2.96. The number of nitrogens with one attached hydrogen (secondary N) is 1. The first-order valence-electron chi connectivity index (χ1n) is 14.1. The summed E-state index contributed by atoms with van der Waals surface area (Å²) < 4.78 is 15.4. The second-order valence-electron chi connectivity index (χ2n) is 10.9. The summed E-state index contributed by atoms with van der Waals surface area (Å²) in [4.78, 5) is 29.2. The molecule has 7 nitrogen and oxygen atoms in total. The molecule has 0 spiro atoms. The van der Waals surface area contributed by atoms with Gasteiger partial charge in [-0.25, -0.2) is 4.39 Å². The molecule has 1 N–H and O–H groups in total. The van der Waals surface area contributed by atoms with Crippen LogP contribution in [0.1, 0.15) is 70.6 Å². The van der Waals surface area contributed by atoms with Crippen LogP contribution in [0.15, 0.2) is 54.7 Å². The first-order chi connectivity index (χ1) is 19.5. The van der Waals surface area contributed by atoms with Gasteiger partial charge in [0.2, 0.25) is 5.69 Å². The van der Waals surface area contributed by atoms with Gasteiger partial charge < -0.3 is 20.3 Å². The van der Waals surface area contributed by atoms with Crippen LogP contribution >= 0.6 is 11.6 Å². The van der Waals surface area contributed by atoms with E-state index in [1.165, 1.54) is 12.3 Å². The Hall–Kier alpha value is -3.49. The first kappa shape index (κ1) is 30.5. The summed E-state index contributed by atoms with van der Waals surface area (Å²) >= 11 is 6.19. The minimum absolute atomic E-state index is 0.00514. The van der Waals surface area contributed by atoms with Gasteiger partial charge in [0.05, 0.1) is 0 Å². The van der Waals surface area contributed by atoms with Gasteiger partial charge in [0.1, 0.15) is 11.4 Å². The minimum atomic E-state index is -0.293. The van der Waals surface area contributed by atoms with Crippen molar-refractivity contribution in [1.82, 2.24) is 10.2 Å². The zero-order valence-corrected chi connectivity index (χ0v) is 24.9. The highest BCUT2D eigenvalue weighted by molar-refractivity contribution is 6.30. The third-order valence-electron chi connectivity index (χ3n) is 8.14. The van der Waals surface area contributed by atoms with Gasteiger partial charge in [-0.3, -0.25) is 9.59 Å². The topological polar surface area (TPSA) is 79.6 Å². The molecule has 0 radical (unpaired) electrons. The van der Waals surface area contributed by atoms with E-state index in [2.05, 4.69) is 22.0 Å². The van der Waals surface area contributed by atoms with Crippen molar-refractivity contribution in [3.8, 4) is 0 Å². The molecule has 1 aliphatic rings. The number of halogens is 2. The lowest BCUT2D eigenvalue weighted by molar-refractivity contribution is -0.612. The zero-order valence-electron chi connectivity index (χ0n) is 24.1. The molecule has 2 heterocycles. The summed E-state index contributed by atoms with van der Waals surface area (Å²) in [6, 6.07) is 14.2.